The maximum Gasteiger partial charge on any atom is 0.130 e. The fourth-order valence-electron chi connectivity index (χ4n) is 5.03. The highest BCUT2D eigenvalue weighted by Gasteiger charge is 2.24. The molecule has 1 aromatic heterocycles. The summed E-state index contributed by atoms with van der Waals surface area (Å²) in [5, 5.41) is 15.1. The number of allylic oxidation sites excluding steroid dienone is 2. The van der Waals surface area contributed by atoms with Gasteiger partial charge in [-0.15, -0.1) is 0 Å². The quantitative estimate of drug-likeness (QED) is 0.365. The van der Waals surface area contributed by atoms with Crippen LogP contribution in [0.25, 0.3) is 16.6 Å². The Balaban J connectivity index is 1.33. The Kier molecular flexibility index (Phi) is 7.30. The van der Waals surface area contributed by atoms with Crippen molar-refractivity contribution in [2.45, 2.75) is 19.4 Å². The van der Waals surface area contributed by atoms with Crippen molar-refractivity contribution >= 4 is 38.4 Å². The van der Waals surface area contributed by atoms with Crippen molar-refractivity contribution in [1.29, 1.82) is 0 Å². The number of amidine groups is 1. The third-order valence-electron chi connectivity index (χ3n) is 6.90. The minimum atomic E-state index is 0.231. The molecule has 6 nitrogen and oxygen atoms in total. The summed E-state index contributed by atoms with van der Waals surface area (Å²) in [6, 6.07) is 18.1. The average Bonchev–Trinajstić information content (AvgIpc) is 3.30. The van der Waals surface area contributed by atoms with Gasteiger partial charge in [-0.2, -0.15) is 0 Å². The van der Waals surface area contributed by atoms with E-state index in [1.54, 1.807) is 12.1 Å². The molecule has 7 heteroatoms. The van der Waals surface area contributed by atoms with Crippen molar-refractivity contribution in [1.82, 2.24) is 20.1 Å². The zero-order valence-electron chi connectivity index (χ0n) is 20.5. The summed E-state index contributed by atoms with van der Waals surface area (Å²) in [4.78, 5) is 13.2. The third kappa shape index (κ3) is 5.27. The number of nitrogens with zero attached hydrogens (tertiary/aromatic N) is 3. The molecule has 2 aliphatic heterocycles. The van der Waals surface area contributed by atoms with E-state index in [-0.39, 0.29) is 5.75 Å². The molecule has 0 spiro atoms. The SMILES string of the molecule is C=C/C(Br)=C1/NC(c2ccccc2O)=CC(=NCC2CCCN(Cc3cc4ccccc4[nH]3)C2)N1C. The fraction of sp³-hybridized carbons (Fsp3) is 0.276. The van der Waals surface area contributed by atoms with Gasteiger partial charge in [0, 0.05) is 49.5 Å². The van der Waals surface area contributed by atoms with Crippen molar-refractivity contribution in [2.24, 2.45) is 10.9 Å². The van der Waals surface area contributed by atoms with Gasteiger partial charge in [-0.3, -0.25) is 9.89 Å². The zero-order chi connectivity index (χ0) is 25.1. The van der Waals surface area contributed by atoms with Gasteiger partial charge in [0.15, 0.2) is 0 Å². The number of likely N-dealkylation sites (N-methyl/N-ethyl adjacent to an activating group) is 1. The van der Waals surface area contributed by atoms with Crippen LogP contribution in [0.15, 0.2) is 88.6 Å². The fourth-order valence-corrected chi connectivity index (χ4v) is 5.39. The number of rotatable bonds is 6. The first-order chi connectivity index (χ1) is 17.5. The molecule has 3 aromatic rings. The number of para-hydroxylation sites is 2. The van der Waals surface area contributed by atoms with Crippen molar-refractivity contribution in [3.8, 4) is 5.75 Å². The molecular formula is C29H32BrN5O. The number of fused-ring (bicyclic) bond motifs is 1. The number of hydrogen-bond acceptors (Lipinski definition) is 4. The third-order valence-corrected chi connectivity index (χ3v) is 7.60. The summed E-state index contributed by atoms with van der Waals surface area (Å²) < 4.78 is 0.834. The van der Waals surface area contributed by atoms with E-state index in [1.165, 1.54) is 29.4 Å². The molecule has 1 unspecified atom stereocenters. The normalized spacial score (nSPS) is 21.4. The maximum absolute atomic E-state index is 10.4. The molecule has 0 saturated carbocycles. The van der Waals surface area contributed by atoms with Crippen LogP contribution in [0.4, 0.5) is 0 Å². The number of aromatic hydroxyl groups is 1. The lowest BCUT2D eigenvalue weighted by Gasteiger charge is -2.33. The zero-order valence-corrected chi connectivity index (χ0v) is 22.1. The van der Waals surface area contributed by atoms with E-state index >= 15 is 0 Å². The number of likely N-dealkylation sites (tertiary alicyclic amines) is 1. The van der Waals surface area contributed by atoms with Crippen LogP contribution < -0.4 is 5.32 Å². The second-order valence-electron chi connectivity index (χ2n) is 9.48. The van der Waals surface area contributed by atoms with Gasteiger partial charge in [0.1, 0.15) is 17.4 Å². The van der Waals surface area contributed by atoms with Crippen LogP contribution in [0.5, 0.6) is 5.75 Å². The minimum absolute atomic E-state index is 0.231. The van der Waals surface area contributed by atoms with E-state index < -0.39 is 0 Å². The molecule has 5 rings (SSSR count). The Morgan fingerprint density at radius 3 is 2.83 bits per heavy atom. The maximum atomic E-state index is 10.4. The topological polar surface area (TPSA) is 66.9 Å². The second-order valence-corrected chi connectivity index (χ2v) is 10.3. The van der Waals surface area contributed by atoms with Crippen molar-refractivity contribution in [2.75, 3.05) is 26.7 Å². The van der Waals surface area contributed by atoms with Crippen LogP contribution in [-0.2, 0) is 6.54 Å². The summed E-state index contributed by atoms with van der Waals surface area (Å²) in [5.74, 6) is 2.42. The number of benzene rings is 2. The number of phenolic OH excluding ortho intramolecular Hbond substituents is 1. The monoisotopic (exact) mass is 545 g/mol. The number of phenols is 1. The number of aromatic nitrogens is 1. The standard InChI is InChI=1S/C29H32BrN5O/c1-3-24(30)29-33-26(23-11-5-7-13-27(23)36)16-28(34(29)2)31-17-20-9-8-14-35(18-20)19-22-15-21-10-4-6-12-25(21)32-22/h3-7,10-13,15-16,20,32-33,36H,1,8-9,14,17-19H2,2H3/b29-24+,31-28?. The highest BCUT2D eigenvalue weighted by atomic mass is 79.9. The first-order valence-corrected chi connectivity index (χ1v) is 13.2. The van der Waals surface area contributed by atoms with Crippen LogP contribution in [-0.4, -0.2) is 52.4 Å². The van der Waals surface area contributed by atoms with Gasteiger partial charge in [0.25, 0.3) is 0 Å². The smallest absolute Gasteiger partial charge is 0.130 e. The molecule has 0 amide bonds. The molecule has 2 aromatic carbocycles. The average molecular weight is 547 g/mol. The van der Waals surface area contributed by atoms with E-state index in [0.29, 0.717) is 5.92 Å². The second kappa shape index (κ2) is 10.8. The molecule has 1 saturated heterocycles. The first-order valence-electron chi connectivity index (χ1n) is 12.4. The van der Waals surface area contributed by atoms with Gasteiger partial charge < -0.3 is 20.3 Å². The van der Waals surface area contributed by atoms with Gasteiger partial charge in [-0.05, 0) is 70.9 Å². The summed E-state index contributed by atoms with van der Waals surface area (Å²) in [7, 11) is 1.99. The molecule has 1 atom stereocenters. The van der Waals surface area contributed by atoms with Crippen LogP contribution in [0.3, 0.4) is 0 Å². The Labute approximate surface area is 220 Å². The van der Waals surface area contributed by atoms with Gasteiger partial charge >= 0.3 is 0 Å². The molecule has 0 aliphatic carbocycles. The van der Waals surface area contributed by atoms with Gasteiger partial charge in [0.2, 0.25) is 0 Å². The molecule has 3 heterocycles. The van der Waals surface area contributed by atoms with E-state index in [4.69, 9.17) is 4.99 Å². The summed E-state index contributed by atoms with van der Waals surface area (Å²) in [6.45, 7) is 7.73. The lowest BCUT2D eigenvalue weighted by molar-refractivity contribution is 0.170. The largest absolute Gasteiger partial charge is 0.507 e. The summed E-state index contributed by atoms with van der Waals surface area (Å²) >= 11 is 3.61. The number of hydrogen-bond donors (Lipinski definition) is 3. The summed E-state index contributed by atoms with van der Waals surface area (Å²) in [6.07, 6.45) is 6.12. The van der Waals surface area contributed by atoms with Crippen LogP contribution in [0.2, 0.25) is 0 Å². The highest BCUT2D eigenvalue weighted by molar-refractivity contribution is 9.11. The first kappa shape index (κ1) is 24.4. The predicted molar refractivity (Wildman–Crippen MR) is 152 cm³/mol. The van der Waals surface area contributed by atoms with Gasteiger partial charge in [-0.25, -0.2) is 0 Å². The van der Waals surface area contributed by atoms with E-state index in [1.807, 2.05) is 36.2 Å². The Hall–Kier alpha value is -3.29. The Bertz CT molecular complexity index is 1320. The molecule has 36 heavy (non-hydrogen) atoms. The summed E-state index contributed by atoms with van der Waals surface area (Å²) in [5.41, 5.74) is 4.01. The molecular weight excluding hydrogens is 514 g/mol. The molecule has 186 valence electrons. The van der Waals surface area contributed by atoms with Crippen molar-refractivity contribution < 1.29 is 5.11 Å². The molecule has 0 radical (unpaired) electrons. The highest BCUT2D eigenvalue weighted by Crippen LogP contribution is 2.29. The van der Waals surface area contributed by atoms with Crippen molar-refractivity contribution in [3.63, 3.8) is 0 Å². The Morgan fingerprint density at radius 2 is 2.03 bits per heavy atom. The van der Waals surface area contributed by atoms with Crippen LogP contribution >= 0.6 is 15.9 Å². The number of aliphatic imine (C=N–C) groups is 1. The predicted octanol–water partition coefficient (Wildman–Crippen LogP) is 5.81. The van der Waals surface area contributed by atoms with Gasteiger partial charge in [0.05, 0.1) is 10.2 Å². The molecule has 1 fully saturated rings. The number of piperidine rings is 1. The lowest BCUT2D eigenvalue weighted by atomic mass is 9.98. The number of nitrogens with one attached hydrogen (secondary N) is 2. The molecule has 3 N–H and O–H groups in total. The van der Waals surface area contributed by atoms with E-state index in [0.717, 1.165) is 53.6 Å². The minimum Gasteiger partial charge on any atom is -0.507 e. The van der Waals surface area contributed by atoms with Crippen LogP contribution in [0.1, 0.15) is 24.1 Å². The van der Waals surface area contributed by atoms with E-state index in [9.17, 15) is 5.11 Å². The molecule has 2 aliphatic rings. The number of aromatic amines is 1. The number of halogens is 1. The Morgan fingerprint density at radius 1 is 1.22 bits per heavy atom. The number of H-pyrrole nitrogens is 1. The lowest BCUT2D eigenvalue weighted by Crippen LogP contribution is -2.39. The van der Waals surface area contributed by atoms with Crippen LogP contribution in [0, 0.1) is 5.92 Å². The van der Waals surface area contributed by atoms with E-state index in [2.05, 4.69) is 68.0 Å². The van der Waals surface area contributed by atoms with Gasteiger partial charge in [-0.1, -0.05) is 43.0 Å². The molecule has 0 bridgehead atoms. The van der Waals surface area contributed by atoms with Crippen molar-refractivity contribution in [3.05, 3.63) is 94.9 Å².